The normalized spacial score (nSPS) is 25.8. The fourth-order valence-electron chi connectivity index (χ4n) is 13.1. The summed E-state index contributed by atoms with van der Waals surface area (Å²) in [6.45, 7) is 6.26. The molecule has 6 aliphatic carbocycles. The van der Waals surface area contributed by atoms with E-state index in [4.69, 9.17) is 12.7 Å². The van der Waals surface area contributed by atoms with Gasteiger partial charge in [0.05, 0.1) is 0 Å². The molecule has 0 saturated heterocycles. The Labute approximate surface area is 324 Å². The van der Waals surface area contributed by atoms with Crippen molar-refractivity contribution in [2.45, 2.75) is 265 Å². The van der Waals surface area contributed by atoms with Gasteiger partial charge in [0, 0.05) is 0 Å². The fraction of sp³-hybridized carbons (Fsp3) is 1.00. The van der Waals surface area contributed by atoms with E-state index in [0.29, 0.717) is 0 Å². The Balaban J connectivity index is 1.52. The van der Waals surface area contributed by atoms with Crippen molar-refractivity contribution in [2.24, 2.45) is 0 Å². The van der Waals surface area contributed by atoms with Crippen molar-refractivity contribution in [3.05, 3.63) is 0 Å². The Bertz CT molecular complexity index is 780. The Hall–Kier alpha value is 0.988. The van der Waals surface area contributed by atoms with Gasteiger partial charge in [0.2, 0.25) is 0 Å². The zero-order chi connectivity index (χ0) is 35.2. The summed E-state index contributed by atoms with van der Waals surface area (Å²) in [5.74, 6) is 0. The van der Waals surface area contributed by atoms with Crippen molar-refractivity contribution in [1.29, 1.82) is 0 Å². The first-order chi connectivity index (χ1) is 25.2. The van der Waals surface area contributed by atoms with Crippen LogP contribution < -0.4 is 0 Å². The Morgan fingerprint density at radius 2 is 0.569 bits per heavy atom. The zero-order valence-electron chi connectivity index (χ0n) is 34.1. The van der Waals surface area contributed by atoms with Gasteiger partial charge in [0.25, 0.3) is 0 Å². The predicted octanol–water partition coefficient (Wildman–Crippen LogP) is 15.4. The molecule has 4 nitrogen and oxygen atoms in total. The number of rotatable bonds is 18. The van der Waals surface area contributed by atoms with Crippen LogP contribution in [0.2, 0.25) is 33.2 Å². The molecule has 0 amide bonds. The Morgan fingerprint density at radius 1 is 0.353 bits per heavy atom. The van der Waals surface area contributed by atoms with E-state index in [0.717, 1.165) is 59.3 Å². The second-order valence-electron chi connectivity index (χ2n) is 18.8. The van der Waals surface area contributed by atoms with E-state index in [9.17, 15) is 0 Å². The van der Waals surface area contributed by atoms with Gasteiger partial charge in [0.15, 0.2) is 0 Å². The molecule has 0 atom stereocenters. The third-order valence-corrected chi connectivity index (χ3v) is 35.3. The van der Waals surface area contributed by atoms with Crippen molar-refractivity contribution in [1.82, 2.24) is 0 Å². The molecule has 7 heteroatoms. The molecule has 0 aromatic carbocycles. The van der Waals surface area contributed by atoms with Crippen molar-refractivity contribution in [2.75, 3.05) is 13.2 Å². The second-order valence-corrected chi connectivity index (χ2v) is 31.9. The summed E-state index contributed by atoms with van der Waals surface area (Å²) in [6, 6.07) is 0. The van der Waals surface area contributed by atoms with Gasteiger partial charge in [-0.25, -0.2) is 0 Å². The maximum atomic E-state index is 8.76. The molecule has 0 bridgehead atoms. The summed E-state index contributed by atoms with van der Waals surface area (Å²) in [5, 5.41) is 0. The first kappa shape index (κ1) is 41.6. The summed E-state index contributed by atoms with van der Waals surface area (Å²) in [6.07, 6.45) is 47.1. The first-order valence-electron chi connectivity index (χ1n) is 23.8. The number of hydrogen-bond donors (Lipinski definition) is 0. The van der Waals surface area contributed by atoms with Crippen molar-refractivity contribution in [3.63, 3.8) is 0 Å². The van der Waals surface area contributed by atoms with Crippen LogP contribution in [0.25, 0.3) is 0 Å². The monoisotopic (exact) mass is 781 g/mol. The van der Waals surface area contributed by atoms with Crippen LogP contribution >= 0.6 is 0 Å². The number of hydrogen-bond acceptors (Lipinski definition) is 4. The van der Waals surface area contributed by atoms with Crippen LogP contribution in [0.4, 0.5) is 0 Å². The molecule has 6 saturated carbocycles. The molecule has 6 aliphatic rings. The van der Waals surface area contributed by atoms with Crippen LogP contribution in [-0.4, -0.2) is 29.8 Å². The molecule has 51 heavy (non-hydrogen) atoms. The Kier molecular flexibility index (Phi) is 17.5. The van der Waals surface area contributed by atoms with Gasteiger partial charge >= 0.3 is 326 Å². The van der Waals surface area contributed by atoms with Crippen molar-refractivity contribution >= 4 is 16.6 Å². The fourth-order valence-corrected chi connectivity index (χ4v) is 39.0. The van der Waals surface area contributed by atoms with Gasteiger partial charge in [0.1, 0.15) is 0 Å². The summed E-state index contributed by atoms with van der Waals surface area (Å²) < 4.78 is 32.8. The predicted molar refractivity (Wildman–Crippen MR) is 216 cm³/mol. The zero-order valence-corrected chi connectivity index (χ0v) is 37.6. The summed E-state index contributed by atoms with van der Waals surface area (Å²) in [5.41, 5.74) is 4.70. The maximum absolute atomic E-state index is 8.76. The third kappa shape index (κ3) is 10.3. The number of unbranched alkanes of at least 4 members (excludes halogenated alkanes) is 2. The van der Waals surface area contributed by atoms with Crippen LogP contribution in [0.15, 0.2) is 0 Å². The van der Waals surface area contributed by atoms with E-state index in [1.807, 2.05) is 0 Å². The second kappa shape index (κ2) is 21.5. The molecule has 0 radical (unpaired) electrons. The molecule has 0 heterocycles. The Morgan fingerprint density at radius 3 is 0.765 bits per heavy atom. The minimum atomic E-state index is -4.30. The van der Waals surface area contributed by atoms with Gasteiger partial charge in [-0.15, -0.1) is 0 Å². The van der Waals surface area contributed by atoms with Gasteiger partial charge in [-0.3, -0.25) is 0 Å². The molecule has 0 spiro atoms. The van der Waals surface area contributed by atoms with Gasteiger partial charge in [-0.05, 0) is 0 Å². The van der Waals surface area contributed by atoms with E-state index in [1.165, 1.54) is 205 Å². The van der Waals surface area contributed by atoms with Gasteiger partial charge in [-0.1, -0.05) is 0 Å². The van der Waals surface area contributed by atoms with Gasteiger partial charge in [-0.2, -0.15) is 0 Å². The van der Waals surface area contributed by atoms with Crippen LogP contribution in [0.1, 0.15) is 232 Å². The first-order valence-corrected chi connectivity index (χ1v) is 30.7. The molecular formula is C44H84O4Si2Ti. The molecule has 6 rings (SSSR count). The summed E-state index contributed by atoms with van der Waals surface area (Å²) in [7, 11) is -4.73. The van der Waals surface area contributed by atoms with Crippen molar-refractivity contribution in [3.8, 4) is 0 Å². The van der Waals surface area contributed by atoms with E-state index < -0.39 is 34.8 Å². The molecule has 6 fully saturated rings. The molecule has 0 aromatic heterocycles. The van der Waals surface area contributed by atoms with Crippen LogP contribution in [0, 0.1) is 0 Å². The quantitative estimate of drug-likeness (QED) is 0.103. The average Bonchev–Trinajstić information content (AvgIpc) is 3.21. The molecule has 296 valence electrons. The molecule has 0 aromatic rings. The van der Waals surface area contributed by atoms with Crippen molar-refractivity contribution < 1.29 is 30.8 Å². The van der Waals surface area contributed by atoms with E-state index in [2.05, 4.69) is 13.8 Å². The molecule has 0 aliphatic heterocycles. The van der Waals surface area contributed by atoms with Crippen LogP contribution in [-0.2, 0) is 30.8 Å². The minimum absolute atomic E-state index is 0.783. The molecular weight excluding hydrogens is 697 g/mol. The standard InChI is InChI=1S/2C18H33OSi.2C4H9O.Ti/c2*19-20(16-10-4-1-5-11-16,17-12-6-2-7-13-17)18-14-8-3-9-15-18;2*1-2-3-4-5;/h2*16-18H,1-15H2;2*2-4H2,1H3;/q4*-1;+4. The van der Waals surface area contributed by atoms with E-state index in [-0.39, 0.29) is 0 Å². The third-order valence-electron chi connectivity index (χ3n) is 15.6. The average molecular weight is 781 g/mol. The van der Waals surface area contributed by atoms with Crippen LogP contribution in [0.3, 0.4) is 0 Å². The molecule has 0 unspecified atom stereocenters. The molecule has 0 N–H and O–H groups in total. The topological polar surface area (TPSA) is 36.9 Å². The summed E-state index contributed by atoms with van der Waals surface area (Å²) >= 11 is -4.30. The van der Waals surface area contributed by atoms with Gasteiger partial charge < -0.3 is 0 Å². The van der Waals surface area contributed by atoms with E-state index in [1.54, 1.807) is 0 Å². The summed E-state index contributed by atoms with van der Waals surface area (Å²) in [4.78, 5) is 0. The van der Waals surface area contributed by atoms with E-state index >= 15 is 0 Å². The van der Waals surface area contributed by atoms with Crippen LogP contribution in [0.5, 0.6) is 0 Å². The SMILES string of the molecule is CCCC[O][Ti]([O]CCCC)([O][Si](C1CCCCC1)(C1CCCCC1)C1CCCCC1)[O][Si](C1CCCCC1)(C1CCCCC1)C1CCCCC1.